The van der Waals surface area contributed by atoms with E-state index in [0.717, 1.165) is 18.2 Å². The van der Waals surface area contributed by atoms with Gasteiger partial charge in [0, 0.05) is 22.9 Å². The van der Waals surface area contributed by atoms with Crippen molar-refractivity contribution in [3.05, 3.63) is 59.2 Å². The number of rotatable bonds is 4. The molecule has 0 saturated heterocycles. The second-order valence-electron chi connectivity index (χ2n) is 4.14. The third kappa shape index (κ3) is 3.03. The third-order valence-electron chi connectivity index (χ3n) is 2.71. The highest BCUT2D eigenvalue weighted by Gasteiger charge is 2.08. The first-order chi connectivity index (χ1) is 9.47. The van der Waals surface area contributed by atoms with Gasteiger partial charge >= 0.3 is 0 Å². The number of carbonyl (C=O) groups excluding carboxylic acids is 1. The lowest BCUT2D eigenvalue weighted by atomic mass is 10.1. The van der Waals surface area contributed by atoms with Crippen molar-refractivity contribution >= 4 is 11.6 Å². The first-order valence-electron chi connectivity index (χ1n) is 5.73. The third-order valence-corrected chi connectivity index (χ3v) is 2.71. The predicted molar refractivity (Wildman–Crippen MR) is 70.1 cm³/mol. The molecule has 0 aliphatic carbocycles. The van der Waals surface area contributed by atoms with Crippen molar-refractivity contribution in [2.24, 2.45) is 5.73 Å². The van der Waals surface area contributed by atoms with E-state index in [9.17, 15) is 13.6 Å². The van der Waals surface area contributed by atoms with Crippen molar-refractivity contribution < 1.29 is 18.3 Å². The lowest BCUT2D eigenvalue weighted by Gasteiger charge is -2.10. The molecule has 2 aromatic carbocycles. The molecule has 0 saturated carbocycles. The summed E-state index contributed by atoms with van der Waals surface area (Å²) in [5, 5.41) is 0. The van der Waals surface area contributed by atoms with Gasteiger partial charge in [0.15, 0.2) is 11.6 Å². The minimum absolute atomic E-state index is 0.0503. The second-order valence-corrected chi connectivity index (χ2v) is 4.14. The van der Waals surface area contributed by atoms with Crippen LogP contribution in [0.25, 0.3) is 0 Å². The van der Waals surface area contributed by atoms with Crippen molar-refractivity contribution in [1.82, 2.24) is 0 Å². The average Bonchev–Trinajstić information content (AvgIpc) is 2.40. The van der Waals surface area contributed by atoms with Crippen LogP contribution in [0.15, 0.2) is 36.4 Å². The second kappa shape index (κ2) is 5.56. The summed E-state index contributed by atoms with van der Waals surface area (Å²) >= 11 is 0. The van der Waals surface area contributed by atoms with Crippen molar-refractivity contribution in [3.63, 3.8) is 0 Å². The Bertz CT molecular complexity index is 660. The van der Waals surface area contributed by atoms with Gasteiger partial charge in [-0.1, -0.05) is 6.07 Å². The number of nitrogens with two attached hydrogens (primary N) is 2. The highest BCUT2D eigenvalue weighted by molar-refractivity contribution is 5.93. The van der Waals surface area contributed by atoms with E-state index in [1.165, 1.54) is 12.1 Å². The molecule has 4 N–H and O–H groups in total. The molecule has 0 aliphatic rings. The molecule has 2 rings (SSSR count). The van der Waals surface area contributed by atoms with E-state index in [0.29, 0.717) is 5.56 Å². The lowest BCUT2D eigenvalue weighted by molar-refractivity contribution is 0.100. The number of carbonyl (C=O) groups is 1. The monoisotopic (exact) mass is 278 g/mol. The Balaban J connectivity index is 2.15. The van der Waals surface area contributed by atoms with Gasteiger partial charge in [0.2, 0.25) is 5.91 Å². The number of nitrogen functional groups attached to an aromatic ring is 1. The summed E-state index contributed by atoms with van der Waals surface area (Å²) in [6.07, 6.45) is 0. The van der Waals surface area contributed by atoms with Crippen LogP contribution in [0.1, 0.15) is 15.9 Å². The molecule has 20 heavy (non-hydrogen) atoms. The largest absolute Gasteiger partial charge is 0.486 e. The fraction of sp³-hybridized carbons (Fsp3) is 0.0714. The van der Waals surface area contributed by atoms with Crippen LogP contribution in [0.2, 0.25) is 0 Å². The van der Waals surface area contributed by atoms with Gasteiger partial charge in [0.05, 0.1) is 0 Å². The molecule has 6 heteroatoms. The van der Waals surface area contributed by atoms with E-state index in [-0.39, 0.29) is 23.6 Å². The molecule has 0 spiro atoms. The zero-order valence-electron chi connectivity index (χ0n) is 10.4. The van der Waals surface area contributed by atoms with Gasteiger partial charge in [-0.2, -0.15) is 0 Å². The van der Waals surface area contributed by atoms with Gasteiger partial charge in [-0.3, -0.25) is 4.79 Å². The zero-order valence-corrected chi connectivity index (χ0v) is 10.4. The van der Waals surface area contributed by atoms with Gasteiger partial charge in [-0.15, -0.1) is 0 Å². The Labute approximate surface area is 114 Å². The number of hydrogen-bond acceptors (Lipinski definition) is 3. The summed E-state index contributed by atoms with van der Waals surface area (Å²) in [5.41, 5.74) is 12.0. The molecular weight excluding hydrogens is 266 g/mol. The van der Waals surface area contributed by atoms with Gasteiger partial charge < -0.3 is 16.2 Å². The highest BCUT2D eigenvalue weighted by atomic mass is 19.1. The van der Waals surface area contributed by atoms with Crippen LogP contribution in [-0.2, 0) is 6.61 Å². The molecule has 0 heterocycles. The standard InChI is InChI=1S/C14H12F2N2O2/c15-10-3-4-11(16)13(6-10)20-7-9-2-1-8(14(18)19)5-12(9)17/h1-6H,7,17H2,(H2,18,19). The van der Waals surface area contributed by atoms with Crippen LogP contribution in [0.5, 0.6) is 5.75 Å². The quantitative estimate of drug-likeness (QED) is 0.842. The van der Waals surface area contributed by atoms with Gasteiger partial charge in [-0.05, 0) is 24.3 Å². The molecule has 104 valence electrons. The van der Waals surface area contributed by atoms with E-state index in [4.69, 9.17) is 16.2 Å². The van der Waals surface area contributed by atoms with Gasteiger partial charge in [0.1, 0.15) is 12.4 Å². The smallest absolute Gasteiger partial charge is 0.248 e. The summed E-state index contributed by atoms with van der Waals surface area (Å²) in [4.78, 5) is 11.0. The Morgan fingerprint density at radius 3 is 2.55 bits per heavy atom. The maximum absolute atomic E-state index is 13.4. The molecule has 0 bridgehead atoms. The van der Waals surface area contributed by atoms with Crippen LogP contribution in [-0.4, -0.2) is 5.91 Å². The van der Waals surface area contributed by atoms with Crippen LogP contribution in [0.3, 0.4) is 0 Å². The molecule has 2 aromatic rings. The average molecular weight is 278 g/mol. The number of ether oxygens (including phenoxy) is 1. The number of anilines is 1. The summed E-state index contributed by atoms with van der Waals surface area (Å²) in [6.45, 7) is -0.0503. The van der Waals surface area contributed by atoms with Gasteiger partial charge in [-0.25, -0.2) is 8.78 Å². The van der Waals surface area contributed by atoms with Crippen molar-refractivity contribution in [2.75, 3.05) is 5.73 Å². The van der Waals surface area contributed by atoms with Gasteiger partial charge in [0.25, 0.3) is 0 Å². The lowest BCUT2D eigenvalue weighted by Crippen LogP contribution is -2.12. The molecule has 1 amide bonds. The number of benzene rings is 2. The molecule has 0 aliphatic heterocycles. The molecular formula is C14H12F2N2O2. The minimum atomic E-state index is -0.668. The maximum Gasteiger partial charge on any atom is 0.248 e. The van der Waals surface area contributed by atoms with E-state index in [2.05, 4.69) is 0 Å². The van der Waals surface area contributed by atoms with Crippen LogP contribution >= 0.6 is 0 Å². The molecule has 0 atom stereocenters. The maximum atomic E-state index is 13.4. The van der Waals surface area contributed by atoms with Crippen LogP contribution in [0.4, 0.5) is 14.5 Å². The molecule has 0 radical (unpaired) electrons. The van der Waals surface area contributed by atoms with E-state index >= 15 is 0 Å². The van der Waals surface area contributed by atoms with Crippen molar-refractivity contribution in [1.29, 1.82) is 0 Å². The summed E-state index contributed by atoms with van der Waals surface area (Å²) in [7, 11) is 0. The fourth-order valence-electron chi connectivity index (χ4n) is 1.62. The van der Waals surface area contributed by atoms with E-state index in [1.807, 2.05) is 0 Å². The van der Waals surface area contributed by atoms with Crippen LogP contribution in [0, 0.1) is 11.6 Å². The Kier molecular flexibility index (Phi) is 3.84. The summed E-state index contributed by atoms with van der Waals surface area (Å²) < 4.78 is 31.5. The normalized spacial score (nSPS) is 10.3. The predicted octanol–water partition coefficient (Wildman–Crippen LogP) is 2.22. The molecule has 0 fully saturated rings. The number of halogens is 2. The Morgan fingerprint density at radius 2 is 1.90 bits per heavy atom. The molecule has 4 nitrogen and oxygen atoms in total. The highest BCUT2D eigenvalue weighted by Crippen LogP contribution is 2.21. The summed E-state index contributed by atoms with van der Waals surface area (Å²) in [6, 6.07) is 7.36. The fourth-order valence-corrected chi connectivity index (χ4v) is 1.62. The number of amides is 1. The minimum Gasteiger partial charge on any atom is -0.486 e. The van der Waals surface area contributed by atoms with Crippen molar-refractivity contribution in [2.45, 2.75) is 6.61 Å². The Morgan fingerprint density at radius 1 is 1.15 bits per heavy atom. The SMILES string of the molecule is NC(=O)c1ccc(COc2cc(F)ccc2F)c(N)c1. The molecule has 0 unspecified atom stereocenters. The summed E-state index contributed by atoms with van der Waals surface area (Å²) in [5.74, 6) is -2.07. The number of primary amides is 1. The topological polar surface area (TPSA) is 78.3 Å². The first kappa shape index (κ1) is 13.8. The van der Waals surface area contributed by atoms with Crippen LogP contribution < -0.4 is 16.2 Å². The van der Waals surface area contributed by atoms with E-state index < -0.39 is 17.5 Å². The Hall–Kier alpha value is -2.63. The van der Waals surface area contributed by atoms with E-state index in [1.54, 1.807) is 6.07 Å². The van der Waals surface area contributed by atoms with Crippen molar-refractivity contribution in [3.8, 4) is 5.75 Å². The number of hydrogen-bond donors (Lipinski definition) is 2. The zero-order chi connectivity index (χ0) is 14.7. The molecule has 0 aromatic heterocycles. The first-order valence-corrected chi connectivity index (χ1v) is 5.73.